The second-order valence-electron chi connectivity index (χ2n) is 6.90. The van der Waals surface area contributed by atoms with Gasteiger partial charge >= 0.3 is 0 Å². The van der Waals surface area contributed by atoms with E-state index in [1.54, 1.807) is 19.3 Å². The van der Waals surface area contributed by atoms with E-state index in [0.717, 1.165) is 28.8 Å². The van der Waals surface area contributed by atoms with E-state index >= 15 is 0 Å². The van der Waals surface area contributed by atoms with E-state index in [1.807, 2.05) is 50.2 Å². The number of rotatable bonds is 4. The smallest absolute Gasteiger partial charge is 0.285 e. The number of nitrogens with zero attached hydrogens (tertiary/aromatic N) is 3. The first-order valence-electron chi connectivity index (χ1n) is 9.42. The predicted molar refractivity (Wildman–Crippen MR) is 112 cm³/mol. The quantitative estimate of drug-likeness (QED) is 0.560. The van der Waals surface area contributed by atoms with Crippen molar-refractivity contribution in [2.24, 2.45) is 0 Å². The van der Waals surface area contributed by atoms with E-state index in [-0.39, 0.29) is 5.56 Å². The summed E-state index contributed by atoms with van der Waals surface area (Å²) < 4.78 is 1.33. The molecule has 0 spiro atoms. The number of carbonyl (C=O) groups excluding carboxylic acids is 1. The molecule has 4 aromatic rings. The van der Waals surface area contributed by atoms with Crippen molar-refractivity contribution in [3.05, 3.63) is 81.7 Å². The fourth-order valence-electron chi connectivity index (χ4n) is 3.44. The maximum atomic E-state index is 13.1. The topological polar surface area (TPSA) is 92.2 Å². The van der Waals surface area contributed by atoms with E-state index < -0.39 is 11.5 Å². The number of H-pyrrole nitrogens is 1. The van der Waals surface area contributed by atoms with Gasteiger partial charge in [-0.2, -0.15) is 0 Å². The molecule has 29 heavy (non-hydrogen) atoms. The highest BCUT2D eigenvalue weighted by molar-refractivity contribution is 6.05. The highest BCUT2D eigenvalue weighted by Crippen LogP contribution is 2.26. The molecule has 2 N–H and O–H groups in total. The molecule has 0 aliphatic rings. The molecule has 7 heteroatoms. The SMILES string of the molecule is CCc1cncc(NC(=O)c2c(C)nc3c(-c4ccccc4)c(C)[nH]n3c2=O)c1. The van der Waals surface area contributed by atoms with Gasteiger partial charge in [0.25, 0.3) is 11.5 Å². The first-order valence-corrected chi connectivity index (χ1v) is 9.42. The number of amides is 1. The monoisotopic (exact) mass is 387 g/mol. The molecule has 0 saturated heterocycles. The van der Waals surface area contributed by atoms with Crippen molar-refractivity contribution in [3.8, 4) is 11.1 Å². The molecule has 0 aliphatic heterocycles. The van der Waals surface area contributed by atoms with Gasteiger partial charge < -0.3 is 5.32 Å². The van der Waals surface area contributed by atoms with Crippen molar-refractivity contribution in [2.45, 2.75) is 27.2 Å². The normalized spacial score (nSPS) is 11.0. The molecule has 0 bridgehead atoms. The van der Waals surface area contributed by atoms with Crippen LogP contribution in [0.5, 0.6) is 0 Å². The van der Waals surface area contributed by atoms with Gasteiger partial charge in [0.1, 0.15) is 5.56 Å². The summed E-state index contributed by atoms with van der Waals surface area (Å²) in [5.41, 5.74) is 4.60. The number of aryl methyl sites for hydroxylation is 3. The van der Waals surface area contributed by atoms with Crippen molar-refractivity contribution in [1.82, 2.24) is 19.6 Å². The second kappa shape index (κ2) is 7.35. The lowest BCUT2D eigenvalue weighted by atomic mass is 10.1. The van der Waals surface area contributed by atoms with E-state index in [9.17, 15) is 9.59 Å². The molecule has 1 aromatic carbocycles. The Bertz CT molecular complexity index is 1270. The van der Waals surface area contributed by atoms with E-state index in [2.05, 4.69) is 20.4 Å². The zero-order valence-corrected chi connectivity index (χ0v) is 16.5. The average Bonchev–Trinajstić information content (AvgIpc) is 3.05. The van der Waals surface area contributed by atoms with Crippen LogP contribution in [0, 0.1) is 13.8 Å². The van der Waals surface area contributed by atoms with Crippen LogP contribution in [0.2, 0.25) is 0 Å². The molecule has 0 atom stereocenters. The van der Waals surface area contributed by atoms with Crippen molar-refractivity contribution in [2.75, 3.05) is 5.32 Å². The highest BCUT2D eigenvalue weighted by Gasteiger charge is 2.21. The van der Waals surface area contributed by atoms with Crippen LogP contribution in [-0.2, 0) is 6.42 Å². The Hall–Kier alpha value is -3.74. The lowest BCUT2D eigenvalue weighted by Gasteiger charge is -2.08. The van der Waals surface area contributed by atoms with E-state index in [4.69, 9.17) is 0 Å². The fourth-order valence-corrected chi connectivity index (χ4v) is 3.44. The lowest BCUT2D eigenvalue weighted by Crippen LogP contribution is -2.29. The number of carbonyl (C=O) groups is 1. The Kier molecular flexibility index (Phi) is 4.72. The summed E-state index contributed by atoms with van der Waals surface area (Å²) in [6.07, 6.45) is 4.11. The van der Waals surface area contributed by atoms with Crippen LogP contribution < -0.4 is 10.9 Å². The Balaban J connectivity index is 1.80. The zero-order valence-electron chi connectivity index (χ0n) is 16.5. The van der Waals surface area contributed by atoms with Crippen LogP contribution in [0.4, 0.5) is 5.69 Å². The van der Waals surface area contributed by atoms with Crippen LogP contribution >= 0.6 is 0 Å². The number of pyridine rings is 1. The van der Waals surface area contributed by atoms with Gasteiger partial charge in [-0.25, -0.2) is 9.50 Å². The number of hydrogen-bond acceptors (Lipinski definition) is 4. The molecule has 3 aromatic heterocycles. The summed E-state index contributed by atoms with van der Waals surface area (Å²) in [6.45, 7) is 5.57. The van der Waals surface area contributed by atoms with Crippen molar-refractivity contribution in [1.29, 1.82) is 0 Å². The molecule has 4 rings (SSSR count). The van der Waals surface area contributed by atoms with Crippen LogP contribution in [0.1, 0.15) is 34.2 Å². The minimum atomic E-state index is -0.502. The molecular formula is C22H21N5O2. The van der Waals surface area contributed by atoms with Crippen LogP contribution in [0.3, 0.4) is 0 Å². The molecular weight excluding hydrogens is 366 g/mol. The Labute approximate surface area is 167 Å². The fraction of sp³-hybridized carbons (Fsp3) is 0.182. The average molecular weight is 387 g/mol. The molecule has 3 heterocycles. The number of aromatic amines is 1. The van der Waals surface area contributed by atoms with Crippen molar-refractivity contribution < 1.29 is 4.79 Å². The molecule has 1 amide bonds. The molecule has 0 unspecified atom stereocenters. The standard InChI is InChI=1S/C22H21N5O2/c1-4-15-10-17(12-23-11-15)25-21(28)19-13(2)24-20-18(16-8-6-5-7-9-16)14(3)26-27(20)22(19)29/h5-12,26H,4H2,1-3H3,(H,25,28). The minimum Gasteiger partial charge on any atom is -0.320 e. The van der Waals surface area contributed by atoms with Gasteiger partial charge in [0.05, 0.1) is 17.6 Å². The second-order valence-corrected chi connectivity index (χ2v) is 6.90. The number of anilines is 1. The number of fused-ring (bicyclic) bond motifs is 1. The van der Waals surface area contributed by atoms with E-state index in [1.165, 1.54) is 4.52 Å². The van der Waals surface area contributed by atoms with Crippen molar-refractivity contribution in [3.63, 3.8) is 0 Å². The minimum absolute atomic E-state index is 0.00487. The zero-order chi connectivity index (χ0) is 20.5. The Morgan fingerprint density at radius 2 is 1.93 bits per heavy atom. The van der Waals surface area contributed by atoms with Gasteiger partial charge in [0.2, 0.25) is 0 Å². The van der Waals surface area contributed by atoms with Gasteiger partial charge in [0.15, 0.2) is 5.65 Å². The summed E-state index contributed by atoms with van der Waals surface area (Å²) in [7, 11) is 0. The maximum Gasteiger partial charge on any atom is 0.285 e. The summed E-state index contributed by atoms with van der Waals surface area (Å²) in [4.78, 5) is 34.7. The molecule has 0 fully saturated rings. The third-order valence-electron chi connectivity index (χ3n) is 4.89. The Morgan fingerprint density at radius 1 is 1.17 bits per heavy atom. The summed E-state index contributed by atoms with van der Waals surface area (Å²) in [5.74, 6) is -0.502. The molecule has 146 valence electrons. The Morgan fingerprint density at radius 3 is 2.66 bits per heavy atom. The molecule has 0 aliphatic carbocycles. The summed E-state index contributed by atoms with van der Waals surface area (Å²) in [6, 6.07) is 11.6. The van der Waals surface area contributed by atoms with E-state index in [0.29, 0.717) is 17.0 Å². The van der Waals surface area contributed by atoms with Gasteiger partial charge in [0, 0.05) is 17.5 Å². The van der Waals surface area contributed by atoms with Gasteiger partial charge in [-0.3, -0.25) is 19.7 Å². The number of benzene rings is 1. The van der Waals surface area contributed by atoms with Gasteiger partial charge in [-0.15, -0.1) is 0 Å². The summed E-state index contributed by atoms with van der Waals surface area (Å²) in [5, 5.41) is 5.81. The lowest BCUT2D eigenvalue weighted by molar-refractivity contribution is 0.102. The number of hydrogen-bond donors (Lipinski definition) is 2. The van der Waals surface area contributed by atoms with Crippen LogP contribution in [0.25, 0.3) is 16.8 Å². The predicted octanol–water partition coefficient (Wildman–Crippen LogP) is 3.52. The highest BCUT2D eigenvalue weighted by atomic mass is 16.2. The number of nitrogens with one attached hydrogen (secondary N) is 2. The van der Waals surface area contributed by atoms with Gasteiger partial charge in [-0.1, -0.05) is 37.3 Å². The first kappa shape index (κ1) is 18.6. The van der Waals surface area contributed by atoms with Gasteiger partial charge in [-0.05, 0) is 37.5 Å². The van der Waals surface area contributed by atoms with Crippen LogP contribution in [0.15, 0.2) is 53.6 Å². The summed E-state index contributed by atoms with van der Waals surface area (Å²) >= 11 is 0. The molecule has 7 nitrogen and oxygen atoms in total. The first-order chi connectivity index (χ1) is 14.0. The van der Waals surface area contributed by atoms with Crippen molar-refractivity contribution >= 4 is 17.2 Å². The molecule has 0 saturated carbocycles. The molecule has 0 radical (unpaired) electrons. The third kappa shape index (κ3) is 3.31. The number of aromatic nitrogens is 4. The van der Waals surface area contributed by atoms with Crippen LogP contribution in [-0.4, -0.2) is 25.5 Å². The third-order valence-corrected chi connectivity index (χ3v) is 4.89. The maximum absolute atomic E-state index is 13.1. The largest absolute Gasteiger partial charge is 0.320 e.